The molecule has 0 radical (unpaired) electrons. The molecule has 0 saturated carbocycles. The van der Waals surface area contributed by atoms with Crippen LogP contribution in [0.4, 0.5) is 5.69 Å². The zero-order valence-electron chi connectivity index (χ0n) is 10.0. The van der Waals surface area contributed by atoms with Gasteiger partial charge in [-0.25, -0.2) is 0 Å². The number of nitrogen functional groups attached to an aromatic ring is 1. The van der Waals surface area contributed by atoms with E-state index >= 15 is 0 Å². The van der Waals surface area contributed by atoms with Crippen molar-refractivity contribution in [2.24, 2.45) is 0 Å². The number of nitrogens with zero attached hydrogens (tertiary/aromatic N) is 5. The van der Waals surface area contributed by atoms with Gasteiger partial charge in [-0.1, -0.05) is 25.2 Å². The maximum Gasteiger partial charge on any atom is 0.234 e. The molecule has 92 valence electrons. The molecule has 7 heteroatoms. The standard InChI is InChI=1S/C11H12N6S/c1-6(2)9-14-15-11-17(9)16-10(18-11)7-3-8(12)5-13-4-7/h3-6H,12H2,1-2H3. The number of nitrogens with two attached hydrogens (primary N) is 1. The summed E-state index contributed by atoms with van der Waals surface area (Å²) >= 11 is 1.48. The van der Waals surface area contributed by atoms with Crippen molar-refractivity contribution in [3.05, 3.63) is 24.3 Å². The second kappa shape index (κ2) is 4.02. The van der Waals surface area contributed by atoms with Gasteiger partial charge in [0.05, 0.1) is 5.69 Å². The van der Waals surface area contributed by atoms with Gasteiger partial charge in [0.15, 0.2) is 5.82 Å². The van der Waals surface area contributed by atoms with Gasteiger partial charge in [0.1, 0.15) is 5.01 Å². The normalized spacial score (nSPS) is 11.5. The van der Waals surface area contributed by atoms with E-state index in [0.29, 0.717) is 5.69 Å². The molecule has 0 aromatic carbocycles. The van der Waals surface area contributed by atoms with Crippen LogP contribution in [0.3, 0.4) is 0 Å². The summed E-state index contributed by atoms with van der Waals surface area (Å²) < 4.78 is 1.79. The Morgan fingerprint density at radius 3 is 2.83 bits per heavy atom. The van der Waals surface area contributed by atoms with E-state index in [1.54, 1.807) is 16.9 Å². The zero-order valence-corrected chi connectivity index (χ0v) is 10.8. The molecule has 3 aromatic heterocycles. The van der Waals surface area contributed by atoms with E-state index in [1.165, 1.54) is 11.3 Å². The van der Waals surface area contributed by atoms with Gasteiger partial charge in [-0.15, -0.1) is 10.2 Å². The van der Waals surface area contributed by atoms with Gasteiger partial charge in [0.2, 0.25) is 4.96 Å². The highest BCUT2D eigenvalue weighted by Gasteiger charge is 2.15. The molecule has 0 aliphatic rings. The minimum absolute atomic E-state index is 0.286. The first-order valence-corrected chi connectivity index (χ1v) is 6.40. The summed E-state index contributed by atoms with van der Waals surface area (Å²) in [5.74, 6) is 1.15. The number of hydrogen-bond acceptors (Lipinski definition) is 6. The first kappa shape index (κ1) is 11.1. The van der Waals surface area contributed by atoms with Crippen LogP contribution in [0.15, 0.2) is 18.5 Å². The Hall–Kier alpha value is -2.02. The number of fused-ring (bicyclic) bond motifs is 1. The predicted molar refractivity (Wildman–Crippen MR) is 70.4 cm³/mol. The first-order chi connectivity index (χ1) is 8.65. The van der Waals surface area contributed by atoms with Crippen molar-refractivity contribution in [1.29, 1.82) is 0 Å². The number of rotatable bonds is 2. The van der Waals surface area contributed by atoms with E-state index in [-0.39, 0.29) is 5.92 Å². The number of aromatic nitrogens is 5. The summed E-state index contributed by atoms with van der Waals surface area (Å²) in [6.07, 6.45) is 3.36. The molecule has 18 heavy (non-hydrogen) atoms. The first-order valence-electron chi connectivity index (χ1n) is 5.58. The summed E-state index contributed by atoms with van der Waals surface area (Å²) in [4.78, 5) is 4.86. The molecular formula is C11H12N6S. The number of pyridine rings is 1. The quantitative estimate of drug-likeness (QED) is 0.761. The van der Waals surface area contributed by atoms with E-state index < -0.39 is 0 Å². The Labute approximate surface area is 107 Å². The second-order valence-corrected chi connectivity index (χ2v) is 5.28. The van der Waals surface area contributed by atoms with Crippen molar-refractivity contribution in [1.82, 2.24) is 24.8 Å². The molecule has 0 saturated heterocycles. The Morgan fingerprint density at radius 2 is 2.11 bits per heavy atom. The van der Waals surface area contributed by atoms with Gasteiger partial charge in [0, 0.05) is 23.9 Å². The molecule has 0 bridgehead atoms. The van der Waals surface area contributed by atoms with Crippen molar-refractivity contribution in [2.75, 3.05) is 5.73 Å². The lowest BCUT2D eigenvalue weighted by Gasteiger charge is -1.98. The third-order valence-corrected chi connectivity index (χ3v) is 3.49. The van der Waals surface area contributed by atoms with Crippen molar-refractivity contribution in [2.45, 2.75) is 19.8 Å². The zero-order chi connectivity index (χ0) is 12.7. The number of hydrogen-bond donors (Lipinski definition) is 1. The highest BCUT2D eigenvalue weighted by atomic mass is 32.1. The van der Waals surface area contributed by atoms with Crippen molar-refractivity contribution >= 4 is 22.0 Å². The van der Waals surface area contributed by atoms with Crippen LogP contribution in [0.2, 0.25) is 0 Å². The van der Waals surface area contributed by atoms with Crippen LogP contribution in [0, 0.1) is 0 Å². The molecule has 6 nitrogen and oxygen atoms in total. The van der Waals surface area contributed by atoms with Crippen LogP contribution in [0.1, 0.15) is 25.6 Å². The van der Waals surface area contributed by atoms with Crippen LogP contribution in [0.5, 0.6) is 0 Å². The predicted octanol–water partition coefficient (Wildman–Crippen LogP) is 1.95. The van der Waals surface area contributed by atoms with Crippen molar-refractivity contribution < 1.29 is 0 Å². The fourth-order valence-corrected chi connectivity index (χ4v) is 2.51. The molecule has 0 unspecified atom stereocenters. The van der Waals surface area contributed by atoms with Crippen LogP contribution >= 0.6 is 11.3 Å². The SMILES string of the molecule is CC(C)c1nnc2sc(-c3cncc(N)c3)nn12. The van der Waals surface area contributed by atoms with Gasteiger partial charge in [-0.3, -0.25) is 4.98 Å². The maximum atomic E-state index is 5.72. The van der Waals surface area contributed by atoms with Crippen LogP contribution in [-0.4, -0.2) is 24.8 Å². The fourth-order valence-electron chi connectivity index (χ4n) is 1.68. The summed E-state index contributed by atoms with van der Waals surface area (Å²) in [6, 6.07) is 1.85. The largest absolute Gasteiger partial charge is 0.397 e. The lowest BCUT2D eigenvalue weighted by molar-refractivity contribution is 0.727. The molecule has 3 heterocycles. The third kappa shape index (κ3) is 1.72. The highest BCUT2D eigenvalue weighted by Crippen LogP contribution is 2.27. The summed E-state index contributed by atoms with van der Waals surface area (Å²) in [5, 5.41) is 13.6. The molecule has 0 spiro atoms. The van der Waals surface area contributed by atoms with E-state index in [0.717, 1.165) is 21.4 Å². The van der Waals surface area contributed by atoms with Crippen LogP contribution < -0.4 is 5.73 Å². The Balaban J connectivity index is 2.14. The minimum Gasteiger partial charge on any atom is -0.397 e. The molecule has 3 aromatic rings. The molecule has 2 N–H and O–H groups in total. The lowest BCUT2D eigenvalue weighted by Crippen LogP contribution is -1.98. The molecular weight excluding hydrogens is 248 g/mol. The average Bonchev–Trinajstić information content (AvgIpc) is 2.87. The average molecular weight is 260 g/mol. The lowest BCUT2D eigenvalue weighted by atomic mass is 10.2. The topological polar surface area (TPSA) is 82.0 Å². The van der Waals surface area contributed by atoms with Gasteiger partial charge in [-0.05, 0) is 6.07 Å². The molecule has 0 atom stereocenters. The monoisotopic (exact) mass is 260 g/mol. The minimum atomic E-state index is 0.286. The Morgan fingerprint density at radius 1 is 1.28 bits per heavy atom. The summed E-state index contributed by atoms with van der Waals surface area (Å²) in [6.45, 7) is 4.13. The van der Waals surface area contributed by atoms with Gasteiger partial charge >= 0.3 is 0 Å². The molecule has 0 amide bonds. The fraction of sp³-hybridized carbons (Fsp3) is 0.273. The third-order valence-electron chi connectivity index (χ3n) is 2.54. The molecule has 3 rings (SSSR count). The Kier molecular flexibility index (Phi) is 2.48. The molecule has 0 aliphatic carbocycles. The van der Waals surface area contributed by atoms with Crippen molar-refractivity contribution in [3.63, 3.8) is 0 Å². The van der Waals surface area contributed by atoms with Gasteiger partial charge in [0.25, 0.3) is 0 Å². The van der Waals surface area contributed by atoms with Gasteiger partial charge < -0.3 is 5.73 Å². The van der Waals surface area contributed by atoms with E-state index in [9.17, 15) is 0 Å². The smallest absolute Gasteiger partial charge is 0.234 e. The van der Waals surface area contributed by atoms with E-state index in [1.807, 2.05) is 6.07 Å². The highest BCUT2D eigenvalue weighted by molar-refractivity contribution is 7.19. The van der Waals surface area contributed by atoms with E-state index in [2.05, 4.69) is 34.1 Å². The summed E-state index contributed by atoms with van der Waals surface area (Å²) in [5.41, 5.74) is 7.25. The van der Waals surface area contributed by atoms with Gasteiger partial charge in [-0.2, -0.15) is 9.61 Å². The van der Waals surface area contributed by atoms with Crippen LogP contribution in [-0.2, 0) is 0 Å². The summed E-state index contributed by atoms with van der Waals surface area (Å²) in [7, 11) is 0. The van der Waals surface area contributed by atoms with Crippen molar-refractivity contribution in [3.8, 4) is 10.6 Å². The number of anilines is 1. The second-order valence-electron chi connectivity index (χ2n) is 4.32. The van der Waals surface area contributed by atoms with E-state index in [4.69, 9.17) is 5.73 Å². The molecule has 0 aliphatic heterocycles. The maximum absolute atomic E-state index is 5.72. The molecule has 0 fully saturated rings. The Bertz CT molecular complexity index is 698. The van der Waals surface area contributed by atoms with Crippen LogP contribution in [0.25, 0.3) is 15.5 Å².